The number of benzene rings is 1. The number of sulfonamides is 1. The van der Waals surface area contributed by atoms with Crippen LogP contribution in [0.5, 0.6) is 0 Å². The van der Waals surface area contributed by atoms with E-state index in [1.54, 1.807) is 0 Å². The monoisotopic (exact) mass is 583 g/mol. The van der Waals surface area contributed by atoms with Crippen LogP contribution in [0.15, 0.2) is 53.7 Å². The molecule has 0 unspecified atom stereocenters. The van der Waals surface area contributed by atoms with Gasteiger partial charge in [-0.15, -0.1) is 0 Å². The molecule has 15 heteroatoms. The zero-order chi connectivity index (χ0) is 29.4. The minimum absolute atomic E-state index is 0.0291. The maximum Gasteiger partial charge on any atom is 0.434 e. The van der Waals surface area contributed by atoms with Crippen LogP contribution in [0.2, 0.25) is 0 Å². The van der Waals surface area contributed by atoms with Gasteiger partial charge in [-0.25, -0.2) is 26.6 Å². The Morgan fingerprint density at radius 2 is 1.82 bits per heavy atom. The average molecular weight is 584 g/mol. The smallest absolute Gasteiger partial charge is 0.351 e. The van der Waals surface area contributed by atoms with E-state index in [1.807, 2.05) is 0 Å². The molecule has 0 aliphatic carbocycles. The van der Waals surface area contributed by atoms with Gasteiger partial charge in [0.1, 0.15) is 29.9 Å². The van der Waals surface area contributed by atoms with Gasteiger partial charge in [0.05, 0.1) is 28.4 Å². The molecule has 0 radical (unpaired) electrons. The van der Waals surface area contributed by atoms with Crippen LogP contribution >= 0.6 is 0 Å². The third-order valence-electron chi connectivity index (χ3n) is 6.33. The summed E-state index contributed by atoms with van der Waals surface area (Å²) in [6.07, 6.45) is -5.49. The van der Waals surface area contributed by atoms with Crippen molar-refractivity contribution in [3.8, 4) is 17.3 Å². The van der Waals surface area contributed by atoms with Crippen LogP contribution in [0.1, 0.15) is 30.2 Å². The lowest BCUT2D eigenvalue weighted by Gasteiger charge is -2.27. The first-order chi connectivity index (χ1) is 18.7. The Morgan fingerprint density at radius 1 is 1.15 bits per heavy atom. The van der Waals surface area contributed by atoms with Gasteiger partial charge in [-0.05, 0) is 43.3 Å². The van der Waals surface area contributed by atoms with E-state index in [0.717, 1.165) is 48.8 Å². The summed E-state index contributed by atoms with van der Waals surface area (Å²) < 4.78 is 109. The molecule has 0 bridgehead atoms. The highest BCUT2D eigenvalue weighted by Gasteiger charge is 2.49. The fraction of sp³-hybridized carbons (Fsp3) is 0.280. The number of alkyl halides is 4. The van der Waals surface area contributed by atoms with Crippen LogP contribution in [0.4, 0.5) is 26.3 Å². The minimum Gasteiger partial charge on any atom is -0.351 e. The number of nitrogens with one attached hydrogen (secondary N) is 1. The molecule has 210 valence electrons. The van der Waals surface area contributed by atoms with Gasteiger partial charge < -0.3 is 5.32 Å². The Hall–Kier alpha value is -4.03. The highest BCUT2D eigenvalue weighted by atomic mass is 32.2. The summed E-state index contributed by atoms with van der Waals surface area (Å²) in [6.45, 7) is 0.771. The SMILES string of the molecule is C[C@H]1[C@H](F)C[C@@H](C(=O)NCc2cc(-c3cnc(C(F)(F)F)c(C#N)c3)ncc2F)N1S(=O)(=O)c1ccc(F)cc1. The summed E-state index contributed by atoms with van der Waals surface area (Å²) in [4.78, 5) is 19.7. The highest BCUT2D eigenvalue weighted by molar-refractivity contribution is 7.89. The van der Waals surface area contributed by atoms with Crippen LogP contribution in [-0.4, -0.2) is 46.9 Å². The van der Waals surface area contributed by atoms with Crippen molar-refractivity contribution in [1.82, 2.24) is 19.6 Å². The van der Waals surface area contributed by atoms with Crippen molar-refractivity contribution in [3.63, 3.8) is 0 Å². The molecule has 1 aromatic carbocycles. The zero-order valence-electron chi connectivity index (χ0n) is 20.5. The van der Waals surface area contributed by atoms with Gasteiger partial charge in [-0.3, -0.25) is 9.78 Å². The lowest BCUT2D eigenvalue weighted by Crippen LogP contribution is -2.48. The zero-order valence-corrected chi connectivity index (χ0v) is 21.3. The average Bonchev–Trinajstić information content (AvgIpc) is 3.22. The fourth-order valence-corrected chi connectivity index (χ4v) is 6.09. The summed E-state index contributed by atoms with van der Waals surface area (Å²) >= 11 is 0. The third kappa shape index (κ3) is 5.63. The molecule has 0 spiro atoms. The van der Waals surface area contributed by atoms with Crippen LogP contribution in [-0.2, 0) is 27.5 Å². The molecule has 0 saturated carbocycles. The lowest BCUT2D eigenvalue weighted by atomic mass is 10.1. The molecule has 1 aliphatic heterocycles. The van der Waals surface area contributed by atoms with E-state index in [4.69, 9.17) is 5.26 Å². The van der Waals surface area contributed by atoms with Gasteiger partial charge in [0, 0.05) is 30.3 Å². The topological polar surface area (TPSA) is 116 Å². The Balaban J connectivity index is 1.57. The van der Waals surface area contributed by atoms with E-state index in [9.17, 15) is 39.6 Å². The molecule has 1 fully saturated rings. The van der Waals surface area contributed by atoms with E-state index in [0.29, 0.717) is 4.31 Å². The normalized spacial score (nSPS) is 19.8. The van der Waals surface area contributed by atoms with E-state index < -0.39 is 76.2 Å². The van der Waals surface area contributed by atoms with E-state index in [2.05, 4.69) is 15.3 Å². The maximum absolute atomic E-state index is 14.6. The van der Waals surface area contributed by atoms with Crippen LogP contribution in [0, 0.1) is 23.0 Å². The summed E-state index contributed by atoms with van der Waals surface area (Å²) in [5.41, 5.74) is -2.43. The molecule has 3 atom stereocenters. The van der Waals surface area contributed by atoms with Crippen molar-refractivity contribution in [2.75, 3.05) is 0 Å². The standard InChI is InChI=1S/C25H19F6N5O3S/c1-13-19(27)8-22(36(13)40(38,39)18-4-2-17(26)3-5-18)24(37)35-10-15-7-21(33-12-20(15)28)16-6-14(9-32)23(34-11-16)25(29,30)31/h2-7,11-13,19,22H,8,10H2,1H3,(H,35,37)/t13-,19+,22-/m0/s1. The summed E-state index contributed by atoms with van der Waals surface area (Å²) in [5.74, 6) is -2.53. The van der Waals surface area contributed by atoms with Gasteiger partial charge in [-0.1, -0.05) is 0 Å². The predicted molar refractivity (Wildman–Crippen MR) is 127 cm³/mol. The Labute approximate surface area is 224 Å². The second-order valence-electron chi connectivity index (χ2n) is 8.91. The molecular weight excluding hydrogens is 564 g/mol. The summed E-state index contributed by atoms with van der Waals surface area (Å²) in [7, 11) is -4.42. The fourth-order valence-electron chi connectivity index (χ4n) is 4.28. The number of carbonyl (C=O) groups excluding carboxylic acids is 1. The summed E-state index contributed by atoms with van der Waals surface area (Å²) in [5, 5.41) is 11.5. The van der Waals surface area contributed by atoms with Gasteiger partial charge in [0.2, 0.25) is 15.9 Å². The van der Waals surface area contributed by atoms with Crippen molar-refractivity contribution in [1.29, 1.82) is 5.26 Å². The molecule has 1 amide bonds. The number of rotatable bonds is 6. The number of aromatic nitrogens is 2. The van der Waals surface area contributed by atoms with Crippen LogP contribution in [0.25, 0.3) is 11.3 Å². The Morgan fingerprint density at radius 3 is 2.45 bits per heavy atom. The number of halogens is 6. The molecule has 3 aromatic rings. The Kier molecular flexibility index (Phi) is 7.86. The molecule has 40 heavy (non-hydrogen) atoms. The third-order valence-corrected chi connectivity index (χ3v) is 8.34. The van der Waals surface area contributed by atoms with Gasteiger partial charge in [0.15, 0.2) is 5.69 Å². The predicted octanol–water partition coefficient (Wildman–Crippen LogP) is 4.12. The molecule has 8 nitrogen and oxygen atoms in total. The van der Waals surface area contributed by atoms with E-state index in [1.165, 1.54) is 13.0 Å². The van der Waals surface area contributed by atoms with E-state index >= 15 is 0 Å². The largest absolute Gasteiger partial charge is 0.434 e. The van der Waals surface area contributed by atoms with Crippen molar-refractivity contribution in [3.05, 3.63) is 77.2 Å². The molecule has 1 saturated heterocycles. The number of nitrogens with zero attached hydrogens (tertiary/aromatic N) is 4. The minimum atomic E-state index is -4.87. The number of pyridine rings is 2. The second kappa shape index (κ2) is 10.9. The molecular formula is C25H19F6N5O3S. The van der Waals surface area contributed by atoms with Gasteiger partial charge in [0.25, 0.3) is 0 Å². The summed E-state index contributed by atoms with van der Waals surface area (Å²) in [6, 6.07) is 4.47. The van der Waals surface area contributed by atoms with Crippen molar-refractivity contribution in [2.45, 2.75) is 49.2 Å². The first kappa shape index (κ1) is 29.0. The van der Waals surface area contributed by atoms with Crippen molar-refractivity contribution < 1.29 is 39.6 Å². The molecule has 2 aromatic heterocycles. The van der Waals surface area contributed by atoms with Gasteiger partial charge in [-0.2, -0.15) is 22.7 Å². The molecule has 3 heterocycles. The maximum atomic E-state index is 14.6. The number of hydrogen-bond donors (Lipinski definition) is 1. The molecule has 1 N–H and O–H groups in total. The number of amides is 1. The lowest BCUT2D eigenvalue weighted by molar-refractivity contribution is -0.141. The van der Waals surface area contributed by atoms with Crippen LogP contribution < -0.4 is 5.32 Å². The van der Waals surface area contributed by atoms with Crippen molar-refractivity contribution >= 4 is 15.9 Å². The molecule has 4 rings (SSSR count). The second-order valence-corrected chi connectivity index (χ2v) is 10.7. The number of hydrogen-bond acceptors (Lipinski definition) is 6. The van der Waals surface area contributed by atoms with Crippen molar-refractivity contribution in [2.24, 2.45) is 0 Å². The first-order valence-corrected chi connectivity index (χ1v) is 13.0. The molecule has 1 aliphatic rings. The van der Waals surface area contributed by atoms with Crippen LogP contribution in [0.3, 0.4) is 0 Å². The number of nitriles is 1. The highest BCUT2D eigenvalue weighted by Crippen LogP contribution is 2.34. The number of carbonyl (C=O) groups is 1. The quantitative estimate of drug-likeness (QED) is 0.437. The Bertz CT molecular complexity index is 1590. The first-order valence-electron chi connectivity index (χ1n) is 11.6. The van der Waals surface area contributed by atoms with E-state index in [-0.39, 0.29) is 21.7 Å². The van der Waals surface area contributed by atoms with Gasteiger partial charge >= 0.3 is 6.18 Å².